The van der Waals surface area contributed by atoms with E-state index in [-0.39, 0.29) is 12.3 Å². The van der Waals surface area contributed by atoms with Crippen LogP contribution < -0.4 is 4.74 Å². The summed E-state index contributed by atoms with van der Waals surface area (Å²) in [6.07, 6.45) is -1.98. The van der Waals surface area contributed by atoms with Crippen LogP contribution in [0.4, 0.5) is 13.2 Å². The van der Waals surface area contributed by atoms with Crippen molar-refractivity contribution >= 4 is 5.97 Å². The third kappa shape index (κ3) is 5.35. The molecule has 172 valence electrons. The minimum absolute atomic E-state index is 0.0614. The Balaban J connectivity index is 1.41. The number of pyridine rings is 1. The van der Waals surface area contributed by atoms with Crippen molar-refractivity contribution in [3.05, 3.63) is 82.5 Å². The van der Waals surface area contributed by atoms with Crippen molar-refractivity contribution in [3.63, 3.8) is 0 Å². The number of carbonyl (C=O) groups is 1. The molecule has 1 N–H and O–H groups in total. The highest BCUT2D eigenvalue weighted by Gasteiger charge is 2.30. The molecule has 0 amide bonds. The molecule has 0 saturated carbocycles. The van der Waals surface area contributed by atoms with Gasteiger partial charge in [-0.2, -0.15) is 13.2 Å². The quantitative estimate of drug-likeness (QED) is 0.461. The molecule has 0 aliphatic heterocycles. The number of fused-ring (bicyclic) bond motifs is 1. The summed E-state index contributed by atoms with van der Waals surface area (Å²) in [6, 6.07) is 14.5. The summed E-state index contributed by atoms with van der Waals surface area (Å²) >= 11 is 0. The van der Waals surface area contributed by atoms with Gasteiger partial charge in [0.15, 0.2) is 0 Å². The van der Waals surface area contributed by atoms with E-state index in [1.54, 1.807) is 6.07 Å². The molecular formula is C26H24F3NO3. The monoisotopic (exact) mass is 455 g/mol. The second kappa shape index (κ2) is 9.25. The third-order valence-corrected chi connectivity index (χ3v) is 6.05. The SMILES string of the molecule is Cc1ccc(-c2ccc(C(F)(F)F)cc2)nc1CCOc1ccc2c(c1)CC[C@H]2CC(=O)O. The number of rotatable bonds is 7. The minimum Gasteiger partial charge on any atom is -0.493 e. The lowest BCUT2D eigenvalue weighted by atomic mass is 9.98. The van der Waals surface area contributed by atoms with Crippen LogP contribution >= 0.6 is 0 Å². The van der Waals surface area contributed by atoms with E-state index in [1.165, 1.54) is 12.1 Å². The lowest BCUT2D eigenvalue weighted by Gasteiger charge is -2.12. The highest BCUT2D eigenvalue weighted by atomic mass is 19.4. The minimum atomic E-state index is -4.36. The number of carboxylic acid groups (broad SMARTS) is 1. The predicted molar refractivity (Wildman–Crippen MR) is 118 cm³/mol. The fourth-order valence-corrected chi connectivity index (χ4v) is 4.28. The summed E-state index contributed by atoms with van der Waals surface area (Å²) in [6.45, 7) is 2.35. The van der Waals surface area contributed by atoms with E-state index >= 15 is 0 Å². The Kier molecular flexibility index (Phi) is 6.40. The Morgan fingerprint density at radius 1 is 1.12 bits per heavy atom. The maximum absolute atomic E-state index is 12.8. The summed E-state index contributed by atoms with van der Waals surface area (Å²) in [5, 5.41) is 9.06. The number of alkyl halides is 3. The number of hydrogen-bond acceptors (Lipinski definition) is 3. The second-order valence-electron chi connectivity index (χ2n) is 8.33. The normalized spacial score (nSPS) is 15.3. The first-order valence-electron chi connectivity index (χ1n) is 10.8. The van der Waals surface area contributed by atoms with E-state index < -0.39 is 17.7 Å². The molecule has 0 fully saturated rings. The summed E-state index contributed by atoms with van der Waals surface area (Å²) in [5.41, 5.74) is 4.60. The standard InChI is InChI=1S/C26H24F3NO3/c1-16-2-11-24(17-5-7-20(8-6-17)26(27,28)29)30-23(16)12-13-33-21-9-10-22-18(14-21)3-4-19(22)15-25(31)32/h2,5-11,14,19H,3-4,12-13,15H2,1H3,(H,31,32)/t19-/m0/s1. The van der Waals surface area contributed by atoms with Gasteiger partial charge in [0.25, 0.3) is 0 Å². The van der Waals surface area contributed by atoms with E-state index in [0.717, 1.165) is 53.1 Å². The average Bonchev–Trinajstić information content (AvgIpc) is 3.16. The van der Waals surface area contributed by atoms with Gasteiger partial charge >= 0.3 is 12.1 Å². The number of halogens is 3. The zero-order valence-corrected chi connectivity index (χ0v) is 18.2. The van der Waals surface area contributed by atoms with Crippen molar-refractivity contribution in [3.8, 4) is 17.0 Å². The van der Waals surface area contributed by atoms with Gasteiger partial charge < -0.3 is 9.84 Å². The van der Waals surface area contributed by atoms with E-state index in [4.69, 9.17) is 9.84 Å². The highest BCUT2D eigenvalue weighted by molar-refractivity contribution is 5.68. The van der Waals surface area contributed by atoms with Crippen molar-refractivity contribution in [2.75, 3.05) is 6.61 Å². The molecule has 0 radical (unpaired) electrons. The predicted octanol–water partition coefficient (Wildman–Crippen LogP) is 6.20. The molecule has 3 aromatic rings. The lowest BCUT2D eigenvalue weighted by molar-refractivity contribution is -0.138. The number of aliphatic carboxylic acids is 1. The summed E-state index contributed by atoms with van der Waals surface area (Å²) in [5.74, 6) is 0.0159. The summed E-state index contributed by atoms with van der Waals surface area (Å²) < 4.78 is 44.3. The van der Waals surface area contributed by atoms with Gasteiger partial charge in [-0.05, 0) is 72.7 Å². The number of ether oxygens (including phenoxy) is 1. The van der Waals surface area contributed by atoms with E-state index in [9.17, 15) is 18.0 Å². The number of benzene rings is 2. The number of aryl methyl sites for hydroxylation is 2. The molecule has 1 aliphatic rings. The summed E-state index contributed by atoms with van der Waals surface area (Å²) in [7, 11) is 0. The van der Waals surface area contributed by atoms with Gasteiger partial charge in [0.1, 0.15) is 5.75 Å². The molecule has 0 spiro atoms. The molecule has 1 aliphatic carbocycles. The molecule has 4 nitrogen and oxygen atoms in total. The van der Waals surface area contributed by atoms with E-state index in [2.05, 4.69) is 4.98 Å². The van der Waals surface area contributed by atoms with Gasteiger partial charge in [-0.1, -0.05) is 24.3 Å². The Morgan fingerprint density at radius 2 is 1.88 bits per heavy atom. The zero-order valence-electron chi connectivity index (χ0n) is 18.2. The van der Waals surface area contributed by atoms with Crippen LogP contribution in [0.25, 0.3) is 11.3 Å². The van der Waals surface area contributed by atoms with Crippen molar-refractivity contribution in [2.24, 2.45) is 0 Å². The molecule has 4 rings (SSSR count). The smallest absolute Gasteiger partial charge is 0.416 e. The lowest BCUT2D eigenvalue weighted by Crippen LogP contribution is -2.06. The average molecular weight is 455 g/mol. The highest BCUT2D eigenvalue weighted by Crippen LogP contribution is 2.37. The second-order valence-corrected chi connectivity index (χ2v) is 8.33. The van der Waals surface area contributed by atoms with Crippen LogP contribution in [0, 0.1) is 6.92 Å². The molecule has 1 aromatic heterocycles. The molecule has 0 unspecified atom stereocenters. The largest absolute Gasteiger partial charge is 0.493 e. The number of nitrogens with zero attached hydrogens (tertiary/aromatic N) is 1. The van der Waals surface area contributed by atoms with Gasteiger partial charge in [-0.15, -0.1) is 0 Å². The molecule has 1 heterocycles. The maximum atomic E-state index is 12.8. The number of hydrogen-bond donors (Lipinski definition) is 1. The van der Waals surface area contributed by atoms with Crippen LogP contribution in [0.15, 0.2) is 54.6 Å². The Hall–Kier alpha value is -3.35. The van der Waals surface area contributed by atoms with Gasteiger partial charge in [0.05, 0.1) is 24.3 Å². The molecule has 1 atom stereocenters. The van der Waals surface area contributed by atoms with E-state index in [1.807, 2.05) is 31.2 Å². The number of carboxylic acids is 1. The fraction of sp³-hybridized carbons (Fsp3) is 0.308. The van der Waals surface area contributed by atoms with Crippen LogP contribution in [0.1, 0.15) is 46.7 Å². The molecule has 0 bridgehead atoms. The fourth-order valence-electron chi connectivity index (χ4n) is 4.28. The first-order valence-corrected chi connectivity index (χ1v) is 10.8. The van der Waals surface area contributed by atoms with Crippen LogP contribution in [0.3, 0.4) is 0 Å². The molecule has 33 heavy (non-hydrogen) atoms. The molecule has 2 aromatic carbocycles. The van der Waals surface area contributed by atoms with E-state index in [0.29, 0.717) is 24.3 Å². The van der Waals surface area contributed by atoms with Gasteiger partial charge in [0.2, 0.25) is 0 Å². The van der Waals surface area contributed by atoms with Gasteiger partial charge in [0, 0.05) is 17.7 Å². The Bertz CT molecular complexity index is 1160. The summed E-state index contributed by atoms with van der Waals surface area (Å²) in [4.78, 5) is 15.7. The Labute approximate surface area is 190 Å². The van der Waals surface area contributed by atoms with Crippen molar-refractivity contribution in [1.29, 1.82) is 0 Å². The number of aromatic nitrogens is 1. The van der Waals surface area contributed by atoms with Gasteiger partial charge in [-0.3, -0.25) is 9.78 Å². The molecular weight excluding hydrogens is 431 g/mol. The first-order chi connectivity index (χ1) is 15.7. The first kappa shape index (κ1) is 22.8. The van der Waals surface area contributed by atoms with Gasteiger partial charge in [-0.25, -0.2) is 0 Å². The van der Waals surface area contributed by atoms with Crippen LogP contribution in [0.2, 0.25) is 0 Å². The van der Waals surface area contributed by atoms with Crippen molar-refractivity contribution < 1.29 is 27.8 Å². The van der Waals surface area contributed by atoms with Crippen molar-refractivity contribution in [1.82, 2.24) is 4.98 Å². The van der Waals surface area contributed by atoms with Crippen LogP contribution in [-0.4, -0.2) is 22.7 Å². The zero-order chi connectivity index (χ0) is 23.6. The molecule has 7 heteroatoms. The van der Waals surface area contributed by atoms with Crippen molar-refractivity contribution in [2.45, 2.75) is 44.7 Å². The van der Waals surface area contributed by atoms with Crippen LogP contribution in [0.5, 0.6) is 5.75 Å². The topological polar surface area (TPSA) is 59.4 Å². The molecule has 0 saturated heterocycles. The third-order valence-electron chi connectivity index (χ3n) is 6.05. The van der Waals surface area contributed by atoms with Crippen LogP contribution in [-0.2, 0) is 23.8 Å². The maximum Gasteiger partial charge on any atom is 0.416 e. The Morgan fingerprint density at radius 3 is 2.58 bits per heavy atom.